The van der Waals surface area contributed by atoms with Crippen molar-refractivity contribution in [2.45, 2.75) is 89.4 Å². The second-order valence-corrected chi connectivity index (χ2v) is 11.5. The number of aryl methyl sites for hydroxylation is 1. The molecule has 5 nitrogen and oxygen atoms in total. The van der Waals surface area contributed by atoms with E-state index in [0.717, 1.165) is 43.7 Å². The molecule has 5 heteroatoms. The Morgan fingerprint density at radius 1 is 0.846 bits per heavy atom. The first kappa shape index (κ1) is 29.3. The fraction of sp³-hybridized carbons (Fsp3) is 0.588. The molecule has 1 atom stereocenters. The molecule has 1 unspecified atom stereocenters. The van der Waals surface area contributed by atoms with Crippen molar-refractivity contribution in [2.24, 2.45) is 5.92 Å². The van der Waals surface area contributed by atoms with E-state index in [1.54, 1.807) is 14.2 Å². The molecule has 0 aromatic heterocycles. The summed E-state index contributed by atoms with van der Waals surface area (Å²) in [6, 6.07) is 13.8. The van der Waals surface area contributed by atoms with Gasteiger partial charge in [-0.25, -0.2) is 0 Å². The van der Waals surface area contributed by atoms with Crippen LogP contribution in [-0.2, 0) is 11.2 Å². The number of rotatable bonds is 16. The first-order chi connectivity index (χ1) is 19.1. The Balaban J connectivity index is 1.34. The Bertz CT molecular complexity index is 1050. The van der Waals surface area contributed by atoms with E-state index in [-0.39, 0.29) is 11.7 Å². The van der Waals surface area contributed by atoms with Crippen LogP contribution in [0.3, 0.4) is 0 Å². The summed E-state index contributed by atoms with van der Waals surface area (Å²) in [7, 11) is 3.35. The summed E-state index contributed by atoms with van der Waals surface area (Å²) >= 11 is 0. The zero-order valence-corrected chi connectivity index (χ0v) is 24.1. The highest BCUT2D eigenvalue weighted by Gasteiger charge is 2.30. The minimum Gasteiger partial charge on any atom is -0.497 e. The lowest BCUT2D eigenvalue weighted by atomic mass is 9.78. The number of hydrogen-bond donors (Lipinski definition) is 0. The number of Topliss-reactive ketones (excluding diaryl/α,β-unsaturated/α-hetero) is 2. The zero-order valence-electron chi connectivity index (χ0n) is 24.1. The van der Waals surface area contributed by atoms with Crippen LogP contribution >= 0.6 is 0 Å². The van der Waals surface area contributed by atoms with Crippen molar-refractivity contribution >= 4 is 11.6 Å². The number of carbonyl (C=O) groups is 2. The maximum absolute atomic E-state index is 13.3. The van der Waals surface area contributed by atoms with Gasteiger partial charge in [-0.2, -0.15) is 0 Å². The van der Waals surface area contributed by atoms with Gasteiger partial charge in [0.15, 0.2) is 5.78 Å². The molecule has 1 saturated heterocycles. The normalized spacial score (nSPS) is 16.9. The molecule has 0 bridgehead atoms. The Morgan fingerprint density at radius 2 is 1.51 bits per heavy atom. The van der Waals surface area contributed by atoms with Crippen molar-refractivity contribution in [3.05, 3.63) is 59.2 Å². The number of nitrogens with zero attached hydrogens (tertiary/aromatic N) is 1. The Hall–Kier alpha value is -2.66. The van der Waals surface area contributed by atoms with E-state index in [0.29, 0.717) is 36.5 Å². The molecule has 1 aliphatic carbocycles. The molecule has 0 radical (unpaired) electrons. The summed E-state index contributed by atoms with van der Waals surface area (Å²) in [4.78, 5) is 28.4. The number of ether oxygens (including phenoxy) is 2. The Kier molecular flexibility index (Phi) is 11.4. The molecular weight excluding hydrogens is 486 g/mol. The molecule has 2 aliphatic rings. The lowest BCUT2D eigenvalue weighted by Crippen LogP contribution is -2.21. The predicted molar refractivity (Wildman–Crippen MR) is 157 cm³/mol. The van der Waals surface area contributed by atoms with E-state index < -0.39 is 0 Å². The Labute approximate surface area is 235 Å². The lowest BCUT2D eigenvalue weighted by Gasteiger charge is -2.27. The van der Waals surface area contributed by atoms with Crippen LogP contribution in [0.1, 0.15) is 104 Å². The van der Waals surface area contributed by atoms with Crippen molar-refractivity contribution < 1.29 is 19.1 Å². The SMILES string of the molecule is COc1ccc(C(=O)CCCCC(=O)CC(c2cc(OC)ccc2CCCN2CCCC2)C2CCCC2)cc1. The van der Waals surface area contributed by atoms with Gasteiger partial charge in [0.2, 0.25) is 0 Å². The van der Waals surface area contributed by atoms with Crippen LogP contribution < -0.4 is 9.47 Å². The first-order valence-corrected chi connectivity index (χ1v) is 15.2. The van der Waals surface area contributed by atoms with Gasteiger partial charge in [-0.3, -0.25) is 9.59 Å². The van der Waals surface area contributed by atoms with E-state index in [2.05, 4.69) is 23.1 Å². The van der Waals surface area contributed by atoms with Crippen LogP contribution in [-0.4, -0.2) is 50.3 Å². The maximum Gasteiger partial charge on any atom is 0.162 e. The third kappa shape index (κ3) is 8.66. The third-order valence-corrected chi connectivity index (χ3v) is 8.81. The number of methoxy groups -OCH3 is 2. The predicted octanol–water partition coefficient (Wildman–Crippen LogP) is 7.41. The molecule has 0 spiro atoms. The van der Waals surface area contributed by atoms with Crippen LogP contribution in [0.25, 0.3) is 0 Å². The van der Waals surface area contributed by atoms with Crippen LogP contribution in [0, 0.1) is 5.92 Å². The summed E-state index contributed by atoms with van der Waals surface area (Å²) in [5.74, 6) is 2.92. The van der Waals surface area contributed by atoms with Gasteiger partial charge in [-0.1, -0.05) is 18.9 Å². The molecular formula is C34H47NO4. The zero-order chi connectivity index (χ0) is 27.5. The Morgan fingerprint density at radius 3 is 2.21 bits per heavy atom. The van der Waals surface area contributed by atoms with Gasteiger partial charge in [-0.05, 0) is 130 Å². The van der Waals surface area contributed by atoms with Crippen LogP contribution in [0.2, 0.25) is 0 Å². The van der Waals surface area contributed by atoms with E-state index in [9.17, 15) is 9.59 Å². The van der Waals surface area contributed by atoms with Gasteiger partial charge in [0.25, 0.3) is 0 Å². The maximum atomic E-state index is 13.3. The highest BCUT2D eigenvalue weighted by atomic mass is 16.5. The average Bonchev–Trinajstić information content (AvgIpc) is 3.69. The lowest BCUT2D eigenvalue weighted by molar-refractivity contribution is -0.119. The largest absolute Gasteiger partial charge is 0.497 e. The fourth-order valence-electron chi connectivity index (χ4n) is 6.54. The highest BCUT2D eigenvalue weighted by molar-refractivity contribution is 5.96. The van der Waals surface area contributed by atoms with E-state index >= 15 is 0 Å². The second-order valence-electron chi connectivity index (χ2n) is 11.5. The van der Waals surface area contributed by atoms with Crippen LogP contribution in [0.4, 0.5) is 0 Å². The van der Waals surface area contributed by atoms with Gasteiger partial charge in [0.05, 0.1) is 14.2 Å². The average molecular weight is 534 g/mol. The van der Waals surface area contributed by atoms with Crippen molar-refractivity contribution in [3.63, 3.8) is 0 Å². The summed E-state index contributed by atoms with van der Waals surface area (Å²) in [5.41, 5.74) is 3.44. The van der Waals surface area contributed by atoms with Gasteiger partial charge in [0.1, 0.15) is 17.3 Å². The molecule has 1 aliphatic heterocycles. The number of hydrogen-bond acceptors (Lipinski definition) is 5. The number of likely N-dealkylation sites (tertiary alicyclic amines) is 1. The van der Waals surface area contributed by atoms with Crippen LogP contribution in [0.5, 0.6) is 11.5 Å². The topological polar surface area (TPSA) is 55.8 Å². The van der Waals surface area contributed by atoms with E-state index in [4.69, 9.17) is 9.47 Å². The highest BCUT2D eigenvalue weighted by Crippen LogP contribution is 2.42. The number of carbonyl (C=O) groups excluding carboxylic acids is 2. The minimum absolute atomic E-state index is 0.129. The summed E-state index contributed by atoms with van der Waals surface area (Å²) < 4.78 is 10.8. The molecule has 39 heavy (non-hydrogen) atoms. The van der Waals surface area contributed by atoms with Gasteiger partial charge in [0, 0.05) is 24.8 Å². The molecule has 0 amide bonds. The van der Waals surface area contributed by atoms with Crippen molar-refractivity contribution in [2.75, 3.05) is 33.9 Å². The molecule has 2 aromatic rings. The van der Waals surface area contributed by atoms with Gasteiger partial charge >= 0.3 is 0 Å². The van der Waals surface area contributed by atoms with Crippen molar-refractivity contribution in [1.82, 2.24) is 4.90 Å². The monoisotopic (exact) mass is 533 g/mol. The second kappa shape index (κ2) is 15.2. The first-order valence-electron chi connectivity index (χ1n) is 15.2. The minimum atomic E-state index is 0.129. The molecule has 2 aromatic carbocycles. The molecule has 0 N–H and O–H groups in total. The summed E-state index contributed by atoms with van der Waals surface area (Å²) in [5, 5.41) is 0. The van der Waals surface area contributed by atoms with E-state index in [1.807, 2.05) is 24.3 Å². The standard InChI is InChI=1S/C34H47NO4/c1-38-30-18-16-28(17-19-30)34(37)14-6-5-13-29(36)24-32(26-10-3-4-11-26)33-25-31(39-2)20-15-27(33)12-9-23-35-21-7-8-22-35/h15-20,25-26,32H,3-14,21-24H2,1-2H3. The summed E-state index contributed by atoms with van der Waals surface area (Å²) in [6.07, 6.45) is 12.9. The molecule has 212 valence electrons. The summed E-state index contributed by atoms with van der Waals surface area (Å²) in [6.45, 7) is 3.63. The number of ketones is 2. The van der Waals surface area contributed by atoms with Crippen molar-refractivity contribution in [3.8, 4) is 11.5 Å². The number of unbranched alkanes of at least 4 members (excludes halogenated alkanes) is 1. The fourth-order valence-corrected chi connectivity index (χ4v) is 6.54. The molecule has 1 saturated carbocycles. The smallest absolute Gasteiger partial charge is 0.162 e. The molecule has 4 rings (SSSR count). The van der Waals surface area contributed by atoms with Gasteiger partial charge < -0.3 is 14.4 Å². The third-order valence-electron chi connectivity index (χ3n) is 8.81. The molecule has 2 fully saturated rings. The molecule has 1 heterocycles. The quantitative estimate of drug-likeness (QED) is 0.166. The van der Waals surface area contributed by atoms with Crippen LogP contribution in [0.15, 0.2) is 42.5 Å². The van der Waals surface area contributed by atoms with Crippen molar-refractivity contribution in [1.29, 1.82) is 0 Å². The van der Waals surface area contributed by atoms with E-state index in [1.165, 1.54) is 62.7 Å². The number of benzene rings is 2. The van der Waals surface area contributed by atoms with Gasteiger partial charge in [-0.15, -0.1) is 0 Å².